The molecule has 0 aromatic heterocycles. The van der Waals surface area contributed by atoms with E-state index < -0.39 is 6.10 Å². The van der Waals surface area contributed by atoms with Gasteiger partial charge in [-0.2, -0.15) is 5.26 Å². The molecule has 2 heteroatoms. The standard InChI is InChI=1S/C14H19NO/c1-10(14(2,3)4)13(16)12-7-5-11(9-15)6-8-12/h5-8,10,13,16H,1-4H3. The average Bonchev–Trinajstić information content (AvgIpc) is 2.26. The summed E-state index contributed by atoms with van der Waals surface area (Å²) >= 11 is 0. The quantitative estimate of drug-likeness (QED) is 0.826. The maximum absolute atomic E-state index is 10.2. The fourth-order valence-corrected chi connectivity index (χ4v) is 1.52. The summed E-state index contributed by atoms with van der Waals surface area (Å²) in [5.41, 5.74) is 1.56. The van der Waals surface area contributed by atoms with Crippen molar-refractivity contribution in [2.24, 2.45) is 11.3 Å². The van der Waals surface area contributed by atoms with Crippen LogP contribution in [0.15, 0.2) is 24.3 Å². The Morgan fingerprint density at radius 3 is 2.06 bits per heavy atom. The topological polar surface area (TPSA) is 44.0 Å². The number of hydrogen-bond donors (Lipinski definition) is 1. The van der Waals surface area contributed by atoms with Crippen molar-refractivity contribution < 1.29 is 5.11 Å². The molecule has 0 aliphatic heterocycles. The molecule has 0 spiro atoms. The van der Waals surface area contributed by atoms with Gasteiger partial charge in [0.15, 0.2) is 0 Å². The van der Waals surface area contributed by atoms with E-state index in [4.69, 9.17) is 5.26 Å². The molecule has 1 rings (SSSR count). The lowest BCUT2D eigenvalue weighted by atomic mass is 9.77. The Hall–Kier alpha value is -1.33. The van der Waals surface area contributed by atoms with Crippen LogP contribution >= 0.6 is 0 Å². The SMILES string of the molecule is CC(C(O)c1ccc(C#N)cc1)C(C)(C)C. The van der Waals surface area contributed by atoms with Crippen LogP contribution in [-0.4, -0.2) is 5.11 Å². The van der Waals surface area contributed by atoms with Gasteiger partial charge < -0.3 is 5.11 Å². The molecular formula is C14H19NO. The average molecular weight is 217 g/mol. The van der Waals surface area contributed by atoms with Gasteiger partial charge >= 0.3 is 0 Å². The molecule has 16 heavy (non-hydrogen) atoms. The van der Waals surface area contributed by atoms with E-state index in [0.29, 0.717) is 5.56 Å². The van der Waals surface area contributed by atoms with E-state index in [1.165, 1.54) is 0 Å². The van der Waals surface area contributed by atoms with Gasteiger partial charge in [-0.3, -0.25) is 0 Å². The van der Waals surface area contributed by atoms with Crippen LogP contribution in [0, 0.1) is 22.7 Å². The molecule has 1 aromatic rings. The van der Waals surface area contributed by atoms with E-state index in [1.54, 1.807) is 12.1 Å². The Morgan fingerprint density at radius 2 is 1.69 bits per heavy atom. The molecule has 86 valence electrons. The highest BCUT2D eigenvalue weighted by Crippen LogP contribution is 2.35. The zero-order valence-electron chi connectivity index (χ0n) is 10.4. The normalized spacial score (nSPS) is 15.2. The van der Waals surface area contributed by atoms with Gasteiger partial charge in [-0.1, -0.05) is 39.8 Å². The minimum Gasteiger partial charge on any atom is -0.388 e. The van der Waals surface area contributed by atoms with Crippen molar-refractivity contribution in [3.63, 3.8) is 0 Å². The predicted molar refractivity (Wildman–Crippen MR) is 64.7 cm³/mol. The molecule has 0 saturated heterocycles. The van der Waals surface area contributed by atoms with Crippen molar-refractivity contribution >= 4 is 0 Å². The second-order valence-electron chi connectivity index (χ2n) is 5.33. The second kappa shape index (κ2) is 4.67. The minimum absolute atomic E-state index is 0.0628. The van der Waals surface area contributed by atoms with Crippen LogP contribution in [0.3, 0.4) is 0 Å². The number of hydrogen-bond acceptors (Lipinski definition) is 2. The van der Waals surface area contributed by atoms with Crippen LogP contribution in [0.25, 0.3) is 0 Å². The lowest BCUT2D eigenvalue weighted by Crippen LogP contribution is -2.24. The first-order valence-electron chi connectivity index (χ1n) is 5.54. The predicted octanol–water partition coefficient (Wildman–Crippen LogP) is 3.27. The summed E-state index contributed by atoms with van der Waals surface area (Å²) in [5.74, 6) is 0.167. The molecule has 0 amide bonds. The van der Waals surface area contributed by atoms with Crippen LogP contribution in [-0.2, 0) is 0 Å². The monoisotopic (exact) mass is 217 g/mol. The maximum atomic E-state index is 10.2. The summed E-state index contributed by atoms with van der Waals surface area (Å²) in [6, 6.07) is 9.21. The zero-order valence-corrected chi connectivity index (χ0v) is 10.4. The molecule has 1 N–H and O–H groups in total. The van der Waals surface area contributed by atoms with E-state index in [-0.39, 0.29) is 11.3 Å². The van der Waals surface area contributed by atoms with Crippen LogP contribution in [0.4, 0.5) is 0 Å². The summed E-state index contributed by atoms with van der Waals surface area (Å²) in [6.07, 6.45) is -0.479. The van der Waals surface area contributed by atoms with Crippen molar-refractivity contribution in [2.45, 2.75) is 33.8 Å². The molecule has 2 nitrogen and oxygen atoms in total. The lowest BCUT2D eigenvalue weighted by molar-refractivity contribution is 0.0535. The summed E-state index contributed by atoms with van der Waals surface area (Å²) < 4.78 is 0. The molecule has 0 radical (unpaired) electrons. The number of benzene rings is 1. The molecule has 0 aliphatic rings. The number of aliphatic hydroxyl groups is 1. The molecular weight excluding hydrogens is 198 g/mol. The minimum atomic E-state index is -0.479. The highest BCUT2D eigenvalue weighted by Gasteiger charge is 2.27. The first kappa shape index (κ1) is 12.7. The van der Waals surface area contributed by atoms with Crippen molar-refractivity contribution in [1.82, 2.24) is 0 Å². The molecule has 2 atom stereocenters. The van der Waals surface area contributed by atoms with Gasteiger partial charge in [-0.15, -0.1) is 0 Å². The molecule has 0 saturated carbocycles. The Balaban J connectivity index is 2.89. The van der Waals surface area contributed by atoms with Gasteiger partial charge in [-0.25, -0.2) is 0 Å². The largest absolute Gasteiger partial charge is 0.388 e. The fourth-order valence-electron chi connectivity index (χ4n) is 1.52. The van der Waals surface area contributed by atoms with E-state index in [0.717, 1.165) is 5.56 Å². The number of rotatable bonds is 2. The van der Waals surface area contributed by atoms with Crippen LogP contribution in [0.1, 0.15) is 44.9 Å². The number of aliphatic hydroxyl groups excluding tert-OH is 1. The molecule has 0 fully saturated rings. The van der Waals surface area contributed by atoms with Crippen molar-refractivity contribution in [2.75, 3.05) is 0 Å². The first-order chi connectivity index (χ1) is 7.36. The van der Waals surface area contributed by atoms with Crippen molar-refractivity contribution in [1.29, 1.82) is 5.26 Å². The van der Waals surface area contributed by atoms with E-state index in [2.05, 4.69) is 26.8 Å². The van der Waals surface area contributed by atoms with Crippen molar-refractivity contribution in [3.8, 4) is 6.07 Å². The number of nitrogens with zero attached hydrogens (tertiary/aromatic N) is 1. The Bertz CT molecular complexity index is 381. The smallest absolute Gasteiger partial charge is 0.0991 e. The fraction of sp³-hybridized carbons (Fsp3) is 0.500. The highest BCUT2D eigenvalue weighted by atomic mass is 16.3. The van der Waals surface area contributed by atoms with Gasteiger partial charge in [0, 0.05) is 0 Å². The maximum Gasteiger partial charge on any atom is 0.0991 e. The second-order valence-corrected chi connectivity index (χ2v) is 5.33. The first-order valence-corrected chi connectivity index (χ1v) is 5.54. The summed E-state index contributed by atoms with van der Waals surface area (Å²) in [4.78, 5) is 0. The third-order valence-corrected chi connectivity index (χ3v) is 3.22. The molecule has 0 bridgehead atoms. The van der Waals surface area contributed by atoms with Crippen molar-refractivity contribution in [3.05, 3.63) is 35.4 Å². The lowest BCUT2D eigenvalue weighted by Gasteiger charge is -2.31. The molecule has 1 aromatic carbocycles. The van der Waals surface area contributed by atoms with Gasteiger partial charge in [0.2, 0.25) is 0 Å². The Kier molecular flexibility index (Phi) is 3.72. The molecule has 0 heterocycles. The summed E-state index contributed by atoms with van der Waals surface area (Å²) in [5, 5.41) is 18.9. The van der Waals surface area contributed by atoms with Crippen LogP contribution < -0.4 is 0 Å². The number of nitriles is 1. The van der Waals surface area contributed by atoms with Crippen LogP contribution in [0.2, 0.25) is 0 Å². The van der Waals surface area contributed by atoms with Gasteiger partial charge in [0.1, 0.15) is 0 Å². The van der Waals surface area contributed by atoms with Gasteiger partial charge in [0.05, 0.1) is 17.7 Å². The van der Waals surface area contributed by atoms with Crippen LogP contribution in [0.5, 0.6) is 0 Å². The van der Waals surface area contributed by atoms with E-state index in [1.807, 2.05) is 19.1 Å². The molecule has 0 aliphatic carbocycles. The third kappa shape index (κ3) is 2.84. The van der Waals surface area contributed by atoms with E-state index >= 15 is 0 Å². The van der Waals surface area contributed by atoms with E-state index in [9.17, 15) is 5.11 Å². The third-order valence-electron chi connectivity index (χ3n) is 3.22. The Labute approximate surface area is 97.5 Å². The molecule has 2 unspecified atom stereocenters. The van der Waals surface area contributed by atoms with Gasteiger partial charge in [-0.05, 0) is 29.0 Å². The summed E-state index contributed by atoms with van der Waals surface area (Å²) in [6.45, 7) is 8.39. The highest BCUT2D eigenvalue weighted by molar-refractivity contribution is 5.32. The summed E-state index contributed by atoms with van der Waals surface area (Å²) in [7, 11) is 0. The van der Waals surface area contributed by atoms with Gasteiger partial charge in [0.25, 0.3) is 0 Å². The Morgan fingerprint density at radius 1 is 1.19 bits per heavy atom. The zero-order chi connectivity index (χ0) is 12.3.